The van der Waals surface area contributed by atoms with E-state index in [1.807, 2.05) is 22.8 Å². The highest BCUT2D eigenvalue weighted by atomic mass is 35.5. The van der Waals surface area contributed by atoms with Crippen LogP contribution in [0.1, 0.15) is 11.3 Å². The molecule has 4 aromatic rings. The molecule has 1 aromatic heterocycles. The molecular formula is C25H21ClF2N2O2S2. The predicted molar refractivity (Wildman–Crippen MR) is 134 cm³/mol. The summed E-state index contributed by atoms with van der Waals surface area (Å²) in [6.07, 6.45) is 1.78. The summed E-state index contributed by atoms with van der Waals surface area (Å²) in [6.45, 7) is 0. The lowest BCUT2D eigenvalue weighted by Gasteiger charge is -2.13. The largest absolute Gasteiger partial charge is 0.493 e. The van der Waals surface area contributed by atoms with Gasteiger partial charge in [0.15, 0.2) is 16.7 Å². The molecule has 1 heterocycles. The summed E-state index contributed by atoms with van der Waals surface area (Å²) in [4.78, 5) is 5.57. The third-order valence-electron chi connectivity index (χ3n) is 5.04. The molecule has 0 saturated heterocycles. The number of rotatable bonds is 9. The van der Waals surface area contributed by atoms with Crippen molar-refractivity contribution in [2.24, 2.45) is 0 Å². The maximum absolute atomic E-state index is 14.3. The molecular weight excluding hydrogens is 498 g/mol. The number of thioether (sulfide) groups is 2. The first-order valence-corrected chi connectivity index (χ1v) is 12.6. The summed E-state index contributed by atoms with van der Waals surface area (Å²) in [5.74, 6) is 1.54. The number of methoxy groups -OCH3 is 2. The van der Waals surface area contributed by atoms with Crippen LogP contribution in [0.3, 0.4) is 0 Å². The van der Waals surface area contributed by atoms with Crippen LogP contribution in [0.15, 0.2) is 76.9 Å². The van der Waals surface area contributed by atoms with Crippen LogP contribution in [-0.4, -0.2) is 23.8 Å². The summed E-state index contributed by atoms with van der Waals surface area (Å²) in [5, 5.41) is 1.03. The molecule has 9 heteroatoms. The Labute approximate surface area is 210 Å². The molecule has 0 aliphatic carbocycles. The summed E-state index contributed by atoms with van der Waals surface area (Å²) >= 11 is 9.17. The van der Waals surface area contributed by atoms with Crippen LogP contribution in [0.25, 0.3) is 5.69 Å². The topological polar surface area (TPSA) is 36.3 Å². The SMILES string of the molecule is COc1ccc(SCc2cnc(SCc3c(F)cccc3Cl)n2-c2ccc(F)cc2)cc1OC. The van der Waals surface area contributed by atoms with Crippen molar-refractivity contribution in [3.63, 3.8) is 0 Å². The number of hydrogen-bond donors (Lipinski definition) is 0. The average Bonchev–Trinajstić information content (AvgIpc) is 3.25. The summed E-state index contributed by atoms with van der Waals surface area (Å²) < 4.78 is 40.5. The van der Waals surface area contributed by atoms with E-state index in [1.165, 1.54) is 30.0 Å². The van der Waals surface area contributed by atoms with Gasteiger partial charge in [-0.2, -0.15) is 0 Å². The van der Waals surface area contributed by atoms with Crippen molar-refractivity contribution in [2.75, 3.05) is 14.2 Å². The Kier molecular flexibility index (Phi) is 8.03. The number of nitrogens with zero attached hydrogens (tertiary/aromatic N) is 2. The molecule has 0 unspecified atom stereocenters. The van der Waals surface area contributed by atoms with Gasteiger partial charge in [0.05, 0.1) is 26.1 Å². The first kappa shape index (κ1) is 24.4. The van der Waals surface area contributed by atoms with E-state index in [-0.39, 0.29) is 11.6 Å². The molecule has 0 N–H and O–H groups in total. The minimum Gasteiger partial charge on any atom is -0.493 e. The molecule has 0 bridgehead atoms. The average molecular weight is 519 g/mol. The molecule has 0 aliphatic heterocycles. The molecule has 4 rings (SSSR count). The molecule has 176 valence electrons. The lowest BCUT2D eigenvalue weighted by molar-refractivity contribution is 0.354. The minimum absolute atomic E-state index is 0.311. The smallest absolute Gasteiger partial charge is 0.173 e. The van der Waals surface area contributed by atoms with E-state index in [1.54, 1.807) is 56.4 Å². The van der Waals surface area contributed by atoms with E-state index in [4.69, 9.17) is 21.1 Å². The fourth-order valence-corrected chi connectivity index (χ4v) is 5.54. The van der Waals surface area contributed by atoms with E-state index in [2.05, 4.69) is 4.98 Å². The molecule has 4 nitrogen and oxygen atoms in total. The molecule has 0 aliphatic rings. The molecule has 0 atom stereocenters. The van der Waals surface area contributed by atoms with Crippen LogP contribution in [0, 0.1) is 11.6 Å². The second-order valence-electron chi connectivity index (χ2n) is 7.14. The number of ether oxygens (including phenoxy) is 2. The van der Waals surface area contributed by atoms with E-state index in [9.17, 15) is 8.78 Å². The lowest BCUT2D eigenvalue weighted by Crippen LogP contribution is -2.02. The predicted octanol–water partition coefficient (Wildman–Crippen LogP) is 7.41. The molecule has 0 fully saturated rings. The zero-order chi connectivity index (χ0) is 24.1. The highest BCUT2D eigenvalue weighted by Gasteiger charge is 2.16. The van der Waals surface area contributed by atoms with E-state index >= 15 is 0 Å². The quantitative estimate of drug-likeness (QED) is 0.216. The third-order valence-corrected chi connectivity index (χ3v) is 7.40. The van der Waals surface area contributed by atoms with Gasteiger partial charge in [0.25, 0.3) is 0 Å². The van der Waals surface area contributed by atoms with Gasteiger partial charge in [-0.05, 0) is 54.6 Å². The Bertz CT molecular complexity index is 1260. The van der Waals surface area contributed by atoms with Crippen LogP contribution >= 0.6 is 35.1 Å². The van der Waals surface area contributed by atoms with Gasteiger partial charge in [-0.3, -0.25) is 4.57 Å². The van der Waals surface area contributed by atoms with Crippen LogP contribution < -0.4 is 9.47 Å². The van der Waals surface area contributed by atoms with Gasteiger partial charge >= 0.3 is 0 Å². The Morgan fingerprint density at radius 1 is 0.912 bits per heavy atom. The highest BCUT2D eigenvalue weighted by Crippen LogP contribution is 2.35. The van der Waals surface area contributed by atoms with Crippen molar-refractivity contribution in [3.8, 4) is 17.2 Å². The highest BCUT2D eigenvalue weighted by molar-refractivity contribution is 7.98. The van der Waals surface area contributed by atoms with E-state index < -0.39 is 0 Å². The summed E-state index contributed by atoms with van der Waals surface area (Å²) in [7, 11) is 3.20. The molecule has 34 heavy (non-hydrogen) atoms. The summed E-state index contributed by atoms with van der Waals surface area (Å²) in [5.41, 5.74) is 2.10. The minimum atomic E-state index is -0.357. The zero-order valence-corrected chi connectivity index (χ0v) is 20.8. The number of imidazole rings is 1. The number of hydrogen-bond acceptors (Lipinski definition) is 5. The van der Waals surface area contributed by atoms with Gasteiger partial charge in [-0.25, -0.2) is 13.8 Å². The van der Waals surface area contributed by atoms with Crippen LogP contribution in [0.2, 0.25) is 5.02 Å². The molecule has 3 aromatic carbocycles. The summed E-state index contributed by atoms with van der Waals surface area (Å²) in [6, 6.07) is 16.6. The Morgan fingerprint density at radius 2 is 1.68 bits per heavy atom. The number of aromatic nitrogens is 2. The van der Waals surface area contributed by atoms with Crippen molar-refractivity contribution >= 4 is 35.1 Å². The Morgan fingerprint density at radius 3 is 2.38 bits per heavy atom. The molecule has 0 spiro atoms. The van der Waals surface area contributed by atoms with Gasteiger partial charge in [0.1, 0.15) is 11.6 Å². The van der Waals surface area contributed by atoms with Gasteiger partial charge in [0, 0.05) is 32.7 Å². The van der Waals surface area contributed by atoms with Crippen molar-refractivity contribution in [3.05, 3.63) is 94.8 Å². The standard InChI is InChI=1S/C25H21ClF2N2O2S2/c1-31-23-11-10-19(12-24(23)32-2)33-14-18-13-29-25(30(18)17-8-6-16(27)7-9-17)34-15-20-21(26)4-3-5-22(20)28/h3-13H,14-15H2,1-2H3. The zero-order valence-electron chi connectivity index (χ0n) is 18.4. The van der Waals surface area contributed by atoms with E-state index in [0.29, 0.717) is 38.7 Å². The van der Waals surface area contributed by atoms with Gasteiger partial charge in [-0.1, -0.05) is 29.4 Å². The number of halogens is 3. The molecule has 0 amide bonds. The van der Waals surface area contributed by atoms with Crippen molar-refractivity contribution in [2.45, 2.75) is 21.6 Å². The first-order valence-electron chi connectivity index (χ1n) is 10.2. The van der Waals surface area contributed by atoms with Gasteiger partial charge in [0.2, 0.25) is 0 Å². The van der Waals surface area contributed by atoms with E-state index in [0.717, 1.165) is 16.3 Å². The van der Waals surface area contributed by atoms with Crippen LogP contribution in [0.4, 0.5) is 8.78 Å². The maximum atomic E-state index is 14.3. The number of benzene rings is 3. The van der Waals surface area contributed by atoms with Crippen LogP contribution in [0.5, 0.6) is 11.5 Å². The lowest BCUT2D eigenvalue weighted by atomic mass is 10.2. The van der Waals surface area contributed by atoms with Crippen LogP contribution in [-0.2, 0) is 11.5 Å². The Balaban J connectivity index is 1.61. The second-order valence-corrected chi connectivity index (χ2v) is 9.54. The van der Waals surface area contributed by atoms with Gasteiger partial charge in [-0.15, -0.1) is 11.8 Å². The third kappa shape index (κ3) is 5.51. The van der Waals surface area contributed by atoms with Gasteiger partial charge < -0.3 is 9.47 Å². The monoisotopic (exact) mass is 518 g/mol. The van der Waals surface area contributed by atoms with Crippen molar-refractivity contribution in [1.82, 2.24) is 9.55 Å². The van der Waals surface area contributed by atoms with Crippen molar-refractivity contribution < 1.29 is 18.3 Å². The second kappa shape index (κ2) is 11.2. The fourth-order valence-electron chi connectivity index (χ4n) is 3.31. The fraction of sp³-hybridized carbons (Fsp3) is 0.160. The molecule has 0 saturated carbocycles. The maximum Gasteiger partial charge on any atom is 0.173 e. The first-order chi connectivity index (χ1) is 16.5. The normalized spacial score (nSPS) is 11.0. The molecule has 0 radical (unpaired) electrons. The Hall–Kier alpha value is -2.68. The van der Waals surface area contributed by atoms with Crippen molar-refractivity contribution in [1.29, 1.82) is 0 Å².